The molecule has 0 spiro atoms. The van der Waals surface area contributed by atoms with Crippen molar-refractivity contribution in [1.29, 1.82) is 0 Å². The maximum Gasteiger partial charge on any atom is 0.256 e. The second-order valence-electron chi connectivity index (χ2n) is 8.36. The van der Waals surface area contributed by atoms with Crippen LogP contribution in [0.1, 0.15) is 15.9 Å². The lowest BCUT2D eigenvalue weighted by Crippen LogP contribution is -2.67. The van der Waals surface area contributed by atoms with E-state index >= 15 is 0 Å². The number of likely N-dealkylation sites (tertiary alicyclic amines) is 1. The van der Waals surface area contributed by atoms with Gasteiger partial charge in [-0.05, 0) is 58.5 Å². The molecule has 1 fully saturated rings. The predicted molar refractivity (Wildman–Crippen MR) is 133 cm³/mol. The van der Waals surface area contributed by atoms with Crippen LogP contribution in [0.4, 0.5) is 24.5 Å². The molecule has 1 aliphatic rings. The number of aliphatic hydroxyl groups is 1. The van der Waals surface area contributed by atoms with Crippen molar-refractivity contribution in [3.05, 3.63) is 92.8 Å². The van der Waals surface area contributed by atoms with E-state index in [4.69, 9.17) is 0 Å². The van der Waals surface area contributed by atoms with Crippen LogP contribution in [0.5, 0.6) is 0 Å². The predicted octanol–water partition coefficient (Wildman–Crippen LogP) is 4.00. The topological polar surface area (TPSA) is 81.7 Å². The normalized spacial score (nSPS) is 14.3. The van der Waals surface area contributed by atoms with Gasteiger partial charge >= 0.3 is 0 Å². The lowest BCUT2D eigenvalue weighted by Gasteiger charge is -2.46. The number of amides is 2. The van der Waals surface area contributed by atoms with Gasteiger partial charge in [-0.25, -0.2) is 13.2 Å². The average Bonchev–Trinajstić information content (AvgIpc) is 2.81. The number of benzene rings is 3. The Bertz CT molecular complexity index is 1270. The number of carbonyl (C=O) groups excluding carboxylic acids is 2. The highest BCUT2D eigenvalue weighted by atomic mass is 127. The second-order valence-corrected chi connectivity index (χ2v) is 9.60. The van der Waals surface area contributed by atoms with Gasteiger partial charge in [-0.15, -0.1) is 0 Å². The molecule has 4 rings (SSSR count). The van der Waals surface area contributed by atoms with Crippen LogP contribution in [-0.2, 0) is 11.2 Å². The van der Waals surface area contributed by atoms with Crippen LogP contribution in [0.3, 0.4) is 0 Å². The Morgan fingerprint density at radius 2 is 1.71 bits per heavy atom. The van der Waals surface area contributed by atoms with Crippen LogP contribution in [-0.4, -0.2) is 47.1 Å². The lowest BCUT2D eigenvalue weighted by atomic mass is 9.92. The van der Waals surface area contributed by atoms with Crippen molar-refractivity contribution in [3.63, 3.8) is 0 Å². The molecule has 182 valence electrons. The van der Waals surface area contributed by atoms with E-state index in [1.54, 1.807) is 6.07 Å². The van der Waals surface area contributed by atoms with E-state index in [0.29, 0.717) is 3.57 Å². The summed E-state index contributed by atoms with van der Waals surface area (Å²) in [5.74, 6) is -4.16. The number of carbonyl (C=O) groups is 2. The number of nitrogens with zero attached hydrogens (tertiary/aromatic N) is 1. The minimum atomic E-state index is -1.35. The van der Waals surface area contributed by atoms with Gasteiger partial charge in [-0.3, -0.25) is 9.59 Å². The molecule has 0 bridgehead atoms. The summed E-state index contributed by atoms with van der Waals surface area (Å²) < 4.78 is 43.4. The van der Waals surface area contributed by atoms with E-state index in [2.05, 4.69) is 10.6 Å². The number of nitrogens with one attached hydrogen (secondary N) is 2. The average molecular weight is 595 g/mol. The number of hydrogen-bond acceptors (Lipinski definition) is 4. The third-order valence-electron chi connectivity index (χ3n) is 5.60. The summed E-state index contributed by atoms with van der Waals surface area (Å²) in [4.78, 5) is 26.4. The minimum absolute atomic E-state index is 0.0702. The lowest BCUT2D eigenvalue weighted by molar-refractivity contribution is -0.124. The molecule has 3 aromatic carbocycles. The fraction of sp³-hybridized carbons (Fsp3) is 0.200. The van der Waals surface area contributed by atoms with Crippen LogP contribution in [0, 0.1) is 21.0 Å². The van der Waals surface area contributed by atoms with E-state index in [9.17, 15) is 27.9 Å². The van der Waals surface area contributed by atoms with Gasteiger partial charge in [0.25, 0.3) is 5.91 Å². The summed E-state index contributed by atoms with van der Waals surface area (Å²) in [6.07, 6.45) is 0.151. The molecular weight excluding hydrogens is 574 g/mol. The molecule has 6 nitrogen and oxygen atoms in total. The van der Waals surface area contributed by atoms with Gasteiger partial charge in [0.2, 0.25) is 5.91 Å². The molecule has 3 N–H and O–H groups in total. The van der Waals surface area contributed by atoms with Gasteiger partial charge in [0.15, 0.2) is 11.6 Å². The molecule has 3 aromatic rings. The van der Waals surface area contributed by atoms with Crippen molar-refractivity contribution in [2.75, 3.05) is 25.0 Å². The van der Waals surface area contributed by atoms with Crippen LogP contribution in [0.15, 0.2) is 60.7 Å². The maximum absolute atomic E-state index is 14.6. The SMILES string of the molecule is O=C(Cc1ccccc1)NCC1(O)CN(C(=O)c2ccc(F)c(F)c2Nc2ccc(I)cc2F)C1. The second kappa shape index (κ2) is 10.2. The number of hydrogen-bond donors (Lipinski definition) is 3. The molecule has 0 radical (unpaired) electrons. The van der Waals surface area contributed by atoms with Crippen molar-refractivity contribution in [1.82, 2.24) is 10.2 Å². The Labute approximate surface area is 213 Å². The fourth-order valence-corrected chi connectivity index (χ4v) is 4.23. The van der Waals surface area contributed by atoms with Gasteiger partial charge in [-0.1, -0.05) is 30.3 Å². The standard InChI is InChI=1S/C25H21F3IN3O3/c26-18-8-7-17(23(22(18)28)31-20-9-6-16(29)11-19(20)27)24(34)32-13-25(35,14-32)12-30-21(33)10-15-4-2-1-3-5-15/h1-9,11,31,35H,10,12-14H2,(H,30,33). The number of rotatable bonds is 7. The van der Waals surface area contributed by atoms with Crippen molar-refractivity contribution in [2.45, 2.75) is 12.0 Å². The molecule has 0 unspecified atom stereocenters. The third-order valence-corrected chi connectivity index (χ3v) is 6.27. The zero-order valence-corrected chi connectivity index (χ0v) is 20.5. The molecule has 1 saturated heterocycles. The first-order chi connectivity index (χ1) is 16.6. The van der Waals surface area contributed by atoms with E-state index in [-0.39, 0.29) is 43.2 Å². The smallest absolute Gasteiger partial charge is 0.256 e. The summed E-state index contributed by atoms with van der Waals surface area (Å²) in [7, 11) is 0. The first-order valence-electron chi connectivity index (χ1n) is 10.7. The Morgan fingerprint density at radius 1 is 1.00 bits per heavy atom. The molecular formula is C25H21F3IN3O3. The van der Waals surface area contributed by atoms with Gasteiger partial charge in [0.05, 0.1) is 36.4 Å². The zero-order chi connectivity index (χ0) is 25.2. The zero-order valence-electron chi connectivity index (χ0n) is 18.3. The summed E-state index contributed by atoms with van der Waals surface area (Å²) in [6.45, 7) is -0.305. The molecule has 0 aromatic heterocycles. The van der Waals surface area contributed by atoms with Crippen molar-refractivity contribution in [2.24, 2.45) is 0 Å². The quantitative estimate of drug-likeness (QED) is 0.361. The van der Waals surface area contributed by atoms with Crippen LogP contribution in [0.25, 0.3) is 0 Å². The van der Waals surface area contributed by atoms with Gasteiger partial charge in [0.1, 0.15) is 11.4 Å². The monoisotopic (exact) mass is 595 g/mol. The number of halogens is 4. The fourth-order valence-electron chi connectivity index (χ4n) is 3.77. The van der Waals surface area contributed by atoms with Crippen molar-refractivity contribution < 1.29 is 27.9 Å². The highest BCUT2D eigenvalue weighted by Gasteiger charge is 2.44. The van der Waals surface area contributed by atoms with Crippen LogP contribution >= 0.6 is 22.6 Å². The largest absolute Gasteiger partial charge is 0.384 e. The Kier molecular flexibility index (Phi) is 7.31. The van der Waals surface area contributed by atoms with E-state index in [1.165, 1.54) is 17.0 Å². The van der Waals surface area contributed by atoms with Gasteiger partial charge in [0, 0.05) is 10.1 Å². The molecule has 0 saturated carbocycles. The van der Waals surface area contributed by atoms with E-state index in [1.807, 2.05) is 52.9 Å². The minimum Gasteiger partial charge on any atom is -0.384 e. The first-order valence-corrected chi connectivity index (χ1v) is 11.8. The van der Waals surface area contributed by atoms with Gasteiger partial charge < -0.3 is 20.6 Å². The molecule has 35 heavy (non-hydrogen) atoms. The highest BCUT2D eigenvalue weighted by Crippen LogP contribution is 2.31. The Balaban J connectivity index is 1.42. The Morgan fingerprint density at radius 3 is 2.40 bits per heavy atom. The first kappa shape index (κ1) is 25.0. The molecule has 0 aliphatic carbocycles. The molecule has 10 heteroatoms. The summed E-state index contributed by atoms with van der Waals surface area (Å²) in [5.41, 5.74) is -1.36. The third kappa shape index (κ3) is 5.76. The molecule has 2 amide bonds. The van der Waals surface area contributed by atoms with Crippen molar-refractivity contribution in [3.8, 4) is 0 Å². The summed E-state index contributed by atoms with van der Waals surface area (Å²) >= 11 is 1.91. The number of β-amino-alcohol motifs (C(OH)–C–C–N with tert-alkyl or cyclic N) is 1. The highest BCUT2D eigenvalue weighted by molar-refractivity contribution is 14.1. The summed E-state index contributed by atoms with van der Waals surface area (Å²) in [6, 6.07) is 15.2. The maximum atomic E-state index is 14.6. The van der Waals surface area contributed by atoms with E-state index in [0.717, 1.165) is 17.7 Å². The summed E-state index contributed by atoms with van der Waals surface area (Å²) in [5, 5.41) is 15.8. The van der Waals surface area contributed by atoms with E-state index < -0.39 is 34.6 Å². The molecule has 1 aliphatic heterocycles. The van der Waals surface area contributed by atoms with Gasteiger partial charge in [-0.2, -0.15) is 0 Å². The van der Waals surface area contributed by atoms with Crippen molar-refractivity contribution >= 4 is 45.8 Å². The van der Waals surface area contributed by atoms with Crippen LogP contribution < -0.4 is 10.6 Å². The Hall–Kier alpha value is -3.12. The molecule has 0 atom stereocenters. The van der Waals surface area contributed by atoms with Crippen LogP contribution in [0.2, 0.25) is 0 Å². The number of anilines is 2. The molecule has 1 heterocycles.